The SMILES string of the molecule is CCC1COCCN1c1c(Cl)cc([N+](=O)[O-])cc1C(=O)O. The van der Waals surface area contributed by atoms with Gasteiger partial charge in [0.2, 0.25) is 0 Å². The number of carboxylic acid groups (broad SMARTS) is 1. The molecule has 1 fully saturated rings. The summed E-state index contributed by atoms with van der Waals surface area (Å²) in [4.78, 5) is 23.5. The van der Waals surface area contributed by atoms with Gasteiger partial charge in [0.05, 0.1) is 40.5 Å². The Balaban J connectivity index is 2.55. The van der Waals surface area contributed by atoms with Crippen LogP contribution in [0.3, 0.4) is 0 Å². The number of benzene rings is 1. The molecular formula is C13H15ClN2O5. The van der Waals surface area contributed by atoms with Gasteiger partial charge in [-0.3, -0.25) is 10.1 Å². The lowest BCUT2D eigenvalue weighted by Crippen LogP contribution is -2.46. The predicted octanol–water partition coefficient (Wildman–Crippen LogP) is 2.56. The van der Waals surface area contributed by atoms with Crippen molar-refractivity contribution in [3.05, 3.63) is 32.8 Å². The van der Waals surface area contributed by atoms with Crippen LogP contribution < -0.4 is 4.90 Å². The number of carboxylic acids is 1. The van der Waals surface area contributed by atoms with Crippen molar-refractivity contribution in [1.82, 2.24) is 0 Å². The van der Waals surface area contributed by atoms with Crippen molar-refractivity contribution in [1.29, 1.82) is 0 Å². The lowest BCUT2D eigenvalue weighted by molar-refractivity contribution is -0.384. The fourth-order valence-corrected chi connectivity index (χ4v) is 2.75. The molecule has 1 aliphatic rings. The number of aromatic carboxylic acids is 1. The van der Waals surface area contributed by atoms with E-state index in [9.17, 15) is 20.0 Å². The summed E-state index contributed by atoms with van der Waals surface area (Å²) in [6.45, 7) is 3.40. The van der Waals surface area contributed by atoms with E-state index in [0.717, 1.165) is 12.5 Å². The molecule has 0 radical (unpaired) electrons. The molecule has 8 heteroatoms. The van der Waals surface area contributed by atoms with E-state index in [1.165, 1.54) is 6.07 Å². The molecule has 1 heterocycles. The van der Waals surface area contributed by atoms with E-state index in [1.807, 2.05) is 11.8 Å². The Bertz CT molecular complexity index is 578. The number of hydrogen-bond donors (Lipinski definition) is 1. The molecule has 1 aromatic rings. The summed E-state index contributed by atoms with van der Waals surface area (Å²) in [5.74, 6) is -1.24. The number of ether oxygens (including phenoxy) is 1. The maximum atomic E-state index is 11.4. The Morgan fingerprint density at radius 1 is 1.62 bits per heavy atom. The van der Waals surface area contributed by atoms with E-state index in [4.69, 9.17) is 16.3 Å². The molecule has 1 N–H and O–H groups in total. The van der Waals surface area contributed by atoms with Gasteiger partial charge < -0.3 is 14.7 Å². The van der Waals surface area contributed by atoms with Crippen LogP contribution >= 0.6 is 11.6 Å². The summed E-state index contributed by atoms with van der Waals surface area (Å²) < 4.78 is 5.39. The molecule has 1 saturated heterocycles. The number of carbonyl (C=O) groups is 1. The smallest absolute Gasteiger partial charge is 0.338 e. The van der Waals surface area contributed by atoms with Gasteiger partial charge in [0.15, 0.2) is 0 Å². The Labute approximate surface area is 126 Å². The molecule has 1 atom stereocenters. The molecule has 21 heavy (non-hydrogen) atoms. The second-order valence-electron chi connectivity index (χ2n) is 4.72. The summed E-state index contributed by atoms with van der Waals surface area (Å²) in [5, 5.41) is 20.3. The summed E-state index contributed by atoms with van der Waals surface area (Å²) in [6, 6.07) is 2.23. The van der Waals surface area contributed by atoms with E-state index >= 15 is 0 Å². The first-order valence-corrected chi connectivity index (χ1v) is 6.89. The molecule has 1 unspecified atom stereocenters. The zero-order valence-electron chi connectivity index (χ0n) is 11.4. The topological polar surface area (TPSA) is 92.9 Å². The molecule has 1 aliphatic heterocycles. The van der Waals surface area contributed by atoms with Crippen molar-refractivity contribution in [3.8, 4) is 0 Å². The number of rotatable bonds is 4. The van der Waals surface area contributed by atoms with Crippen LogP contribution in [0.15, 0.2) is 12.1 Å². The Hall–Kier alpha value is -1.86. The van der Waals surface area contributed by atoms with Crippen molar-refractivity contribution < 1.29 is 19.6 Å². The van der Waals surface area contributed by atoms with E-state index in [1.54, 1.807) is 0 Å². The molecule has 0 spiro atoms. The number of anilines is 1. The minimum atomic E-state index is -1.24. The van der Waals surface area contributed by atoms with E-state index < -0.39 is 10.9 Å². The Morgan fingerprint density at radius 2 is 2.33 bits per heavy atom. The van der Waals surface area contributed by atoms with Gasteiger partial charge in [-0.1, -0.05) is 18.5 Å². The highest BCUT2D eigenvalue weighted by molar-refractivity contribution is 6.34. The van der Waals surface area contributed by atoms with Crippen LogP contribution in [0.1, 0.15) is 23.7 Å². The number of hydrogen-bond acceptors (Lipinski definition) is 5. The van der Waals surface area contributed by atoms with E-state index in [0.29, 0.717) is 25.4 Å². The number of nitro benzene ring substituents is 1. The molecule has 0 bridgehead atoms. The third kappa shape index (κ3) is 3.08. The highest BCUT2D eigenvalue weighted by Crippen LogP contribution is 2.36. The maximum absolute atomic E-state index is 11.4. The molecule has 0 aromatic heterocycles. The number of halogens is 1. The second kappa shape index (κ2) is 6.28. The minimum absolute atomic E-state index is 0.00388. The van der Waals surface area contributed by atoms with Crippen molar-refractivity contribution in [2.75, 3.05) is 24.7 Å². The fraction of sp³-hybridized carbons (Fsp3) is 0.462. The summed E-state index contributed by atoms with van der Waals surface area (Å²) in [6.07, 6.45) is 0.756. The van der Waals surface area contributed by atoms with Crippen LogP contribution in [0, 0.1) is 10.1 Å². The molecule has 114 valence electrons. The predicted molar refractivity (Wildman–Crippen MR) is 77.3 cm³/mol. The minimum Gasteiger partial charge on any atom is -0.478 e. The highest BCUT2D eigenvalue weighted by Gasteiger charge is 2.29. The van der Waals surface area contributed by atoms with Crippen LogP contribution in [0.25, 0.3) is 0 Å². The normalized spacial score (nSPS) is 18.6. The lowest BCUT2D eigenvalue weighted by Gasteiger charge is -2.38. The third-order valence-corrected chi connectivity index (χ3v) is 3.76. The van der Waals surface area contributed by atoms with E-state index in [2.05, 4.69) is 0 Å². The molecular weight excluding hydrogens is 300 g/mol. The third-order valence-electron chi connectivity index (χ3n) is 3.48. The van der Waals surface area contributed by atoms with E-state index in [-0.39, 0.29) is 22.3 Å². The van der Waals surface area contributed by atoms with Crippen LogP contribution in [0.2, 0.25) is 5.02 Å². The highest BCUT2D eigenvalue weighted by atomic mass is 35.5. The number of nitro groups is 1. The average Bonchev–Trinajstić information content (AvgIpc) is 2.46. The number of morpholine rings is 1. The monoisotopic (exact) mass is 314 g/mol. The van der Waals surface area contributed by atoms with Gasteiger partial charge in [0.25, 0.3) is 5.69 Å². The second-order valence-corrected chi connectivity index (χ2v) is 5.12. The molecule has 1 aromatic carbocycles. The number of non-ortho nitro benzene ring substituents is 1. The van der Waals surface area contributed by atoms with Crippen LogP contribution in [0.5, 0.6) is 0 Å². The van der Waals surface area contributed by atoms with Gasteiger partial charge in [0, 0.05) is 18.7 Å². The quantitative estimate of drug-likeness (QED) is 0.678. The zero-order chi connectivity index (χ0) is 15.6. The van der Waals surface area contributed by atoms with Crippen molar-refractivity contribution in [3.63, 3.8) is 0 Å². The van der Waals surface area contributed by atoms with Gasteiger partial charge >= 0.3 is 5.97 Å². The standard InChI is InChI=1S/C13H15ClN2O5/c1-2-8-7-21-4-3-15(8)12-10(13(17)18)5-9(16(19)20)6-11(12)14/h5-6,8H,2-4,7H2,1H3,(H,17,18). The molecule has 0 aliphatic carbocycles. The van der Waals surface area contributed by atoms with Gasteiger partial charge in [0.1, 0.15) is 0 Å². The summed E-state index contributed by atoms with van der Waals surface area (Å²) in [7, 11) is 0. The largest absolute Gasteiger partial charge is 0.478 e. The lowest BCUT2D eigenvalue weighted by atomic mass is 10.1. The van der Waals surface area contributed by atoms with Crippen LogP contribution in [-0.2, 0) is 4.74 Å². The van der Waals surface area contributed by atoms with Crippen molar-refractivity contribution in [2.45, 2.75) is 19.4 Å². The Kier molecular flexibility index (Phi) is 4.64. The van der Waals surface area contributed by atoms with Gasteiger partial charge in [-0.15, -0.1) is 0 Å². The van der Waals surface area contributed by atoms with Crippen molar-refractivity contribution in [2.24, 2.45) is 0 Å². The fourth-order valence-electron chi connectivity index (χ4n) is 2.43. The maximum Gasteiger partial charge on any atom is 0.338 e. The van der Waals surface area contributed by atoms with Crippen LogP contribution in [0.4, 0.5) is 11.4 Å². The van der Waals surface area contributed by atoms with Gasteiger partial charge in [-0.2, -0.15) is 0 Å². The molecule has 7 nitrogen and oxygen atoms in total. The van der Waals surface area contributed by atoms with Gasteiger partial charge in [-0.25, -0.2) is 4.79 Å². The first-order chi connectivity index (χ1) is 9.95. The summed E-state index contributed by atoms with van der Waals surface area (Å²) in [5.41, 5.74) is -0.165. The molecule has 0 saturated carbocycles. The average molecular weight is 315 g/mol. The van der Waals surface area contributed by atoms with Crippen LogP contribution in [-0.4, -0.2) is 41.8 Å². The summed E-state index contributed by atoms with van der Waals surface area (Å²) >= 11 is 6.13. The zero-order valence-corrected chi connectivity index (χ0v) is 12.2. The van der Waals surface area contributed by atoms with Gasteiger partial charge in [-0.05, 0) is 6.42 Å². The Morgan fingerprint density at radius 3 is 2.90 bits per heavy atom. The molecule has 0 amide bonds. The number of nitrogens with zero attached hydrogens (tertiary/aromatic N) is 2. The van der Waals surface area contributed by atoms with Crippen molar-refractivity contribution >= 4 is 28.9 Å². The molecule has 2 rings (SSSR count). The first kappa shape index (κ1) is 15.5. The first-order valence-electron chi connectivity index (χ1n) is 6.51.